The minimum absolute atomic E-state index is 0.00686. The number of aryl methyl sites for hydroxylation is 1. The highest BCUT2D eigenvalue weighted by molar-refractivity contribution is 7.92. The van der Waals surface area contributed by atoms with Gasteiger partial charge in [0.15, 0.2) is 5.78 Å². The highest BCUT2D eigenvalue weighted by Crippen LogP contribution is 2.13. The molecule has 2 rings (SSSR count). The van der Waals surface area contributed by atoms with E-state index in [0.29, 0.717) is 11.3 Å². The minimum atomic E-state index is -3.30. The van der Waals surface area contributed by atoms with Gasteiger partial charge in [-0.25, -0.2) is 8.42 Å². The predicted molar refractivity (Wildman–Crippen MR) is 94.1 cm³/mol. The van der Waals surface area contributed by atoms with E-state index in [4.69, 9.17) is 0 Å². The highest BCUT2D eigenvalue weighted by Gasteiger charge is 2.07. The van der Waals surface area contributed by atoms with Crippen LogP contribution in [-0.2, 0) is 10.0 Å². The fourth-order valence-electron chi connectivity index (χ4n) is 2.00. The Balaban J connectivity index is 2.08. The van der Waals surface area contributed by atoms with Gasteiger partial charge in [-0.15, -0.1) is 0 Å². The van der Waals surface area contributed by atoms with Crippen molar-refractivity contribution in [2.75, 3.05) is 10.5 Å². The maximum absolute atomic E-state index is 12.1. The zero-order valence-electron chi connectivity index (χ0n) is 13.1. The fourth-order valence-corrected chi connectivity index (χ4v) is 2.64. The summed E-state index contributed by atoms with van der Waals surface area (Å²) < 4.78 is 25.4. The van der Waals surface area contributed by atoms with Crippen molar-refractivity contribution in [2.45, 2.75) is 13.8 Å². The van der Waals surface area contributed by atoms with Crippen LogP contribution < -0.4 is 4.72 Å². The van der Waals surface area contributed by atoms with Crippen LogP contribution in [0.15, 0.2) is 54.6 Å². The van der Waals surface area contributed by atoms with Crippen molar-refractivity contribution in [1.29, 1.82) is 0 Å². The molecule has 0 saturated carbocycles. The normalized spacial score (nSPS) is 11.6. The molecule has 0 fully saturated rings. The lowest BCUT2D eigenvalue weighted by Crippen LogP contribution is -2.14. The SMILES string of the molecule is CCS(=O)(=O)Nc1ccc(C(=O)C=Cc2cccc(C)c2)cc1. The standard InChI is InChI=1S/C18H19NO3S/c1-3-23(21,22)19-17-10-8-16(9-11-17)18(20)12-7-15-6-4-5-14(2)13-15/h4-13,19H,3H2,1-2H3. The molecule has 120 valence electrons. The molecule has 0 spiro atoms. The lowest BCUT2D eigenvalue weighted by molar-refractivity contribution is 0.104. The molecule has 0 aromatic heterocycles. The van der Waals surface area contributed by atoms with Gasteiger partial charge in [-0.1, -0.05) is 35.9 Å². The molecule has 0 saturated heterocycles. The third-order valence-corrected chi connectivity index (χ3v) is 4.60. The van der Waals surface area contributed by atoms with Gasteiger partial charge in [0.1, 0.15) is 0 Å². The monoisotopic (exact) mass is 329 g/mol. The topological polar surface area (TPSA) is 63.2 Å². The summed E-state index contributed by atoms with van der Waals surface area (Å²) in [6.45, 7) is 3.56. The summed E-state index contributed by atoms with van der Waals surface area (Å²) in [6, 6.07) is 14.2. The number of carbonyl (C=O) groups excluding carboxylic acids is 1. The maximum atomic E-state index is 12.1. The molecular weight excluding hydrogens is 310 g/mol. The van der Waals surface area contributed by atoms with E-state index < -0.39 is 10.0 Å². The van der Waals surface area contributed by atoms with Gasteiger partial charge < -0.3 is 0 Å². The van der Waals surface area contributed by atoms with E-state index in [2.05, 4.69) is 4.72 Å². The van der Waals surface area contributed by atoms with Crippen molar-refractivity contribution in [3.8, 4) is 0 Å². The summed E-state index contributed by atoms with van der Waals surface area (Å²) in [7, 11) is -3.30. The molecule has 0 unspecified atom stereocenters. The van der Waals surface area contributed by atoms with Gasteiger partial charge in [-0.3, -0.25) is 9.52 Å². The smallest absolute Gasteiger partial charge is 0.232 e. The van der Waals surface area contributed by atoms with Crippen LogP contribution in [0.1, 0.15) is 28.4 Å². The Morgan fingerprint density at radius 1 is 1.13 bits per heavy atom. The first-order chi connectivity index (χ1) is 10.9. The van der Waals surface area contributed by atoms with Gasteiger partial charge >= 0.3 is 0 Å². The second-order valence-corrected chi connectivity index (χ2v) is 7.21. The molecule has 0 radical (unpaired) electrons. The van der Waals surface area contributed by atoms with Crippen LogP contribution in [0.5, 0.6) is 0 Å². The van der Waals surface area contributed by atoms with Gasteiger partial charge in [0, 0.05) is 11.3 Å². The Morgan fingerprint density at radius 3 is 2.43 bits per heavy atom. The van der Waals surface area contributed by atoms with Crippen molar-refractivity contribution in [1.82, 2.24) is 0 Å². The molecule has 0 aliphatic heterocycles. The van der Waals surface area contributed by atoms with Crippen LogP contribution in [0, 0.1) is 6.92 Å². The molecule has 0 bridgehead atoms. The van der Waals surface area contributed by atoms with Crippen molar-refractivity contribution in [2.24, 2.45) is 0 Å². The largest absolute Gasteiger partial charge is 0.289 e. The Bertz CT molecular complexity index is 822. The summed E-state index contributed by atoms with van der Waals surface area (Å²) >= 11 is 0. The predicted octanol–water partition coefficient (Wildman–Crippen LogP) is 3.65. The molecule has 0 amide bonds. The molecule has 23 heavy (non-hydrogen) atoms. The van der Waals surface area contributed by atoms with Crippen LogP contribution in [0.4, 0.5) is 5.69 Å². The number of ketones is 1. The zero-order chi connectivity index (χ0) is 16.9. The van der Waals surface area contributed by atoms with E-state index in [0.717, 1.165) is 11.1 Å². The van der Waals surface area contributed by atoms with Gasteiger partial charge in [-0.05, 0) is 49.8 Å². The van der Waals surface area contributed by atoms with Crippen molar-refractivity contribution in [3.63, 3.8) is 0 Å². The molecule has 0 aliphatic carbocycles. The summed E-state index contributed by atoms with van der Waals surface area (Å²) in [5.74, 6) is -0.121. The number of anilines is 1. The highest BCUT2D eigenvalue weighted by atomic mass is 32.2. The first-order valence-electron chi connectivity index (χ1n) is 7.29. The van der Waals surface area contributed by atoms with Gasteiger partial charge in [0.25, 0.3) is 0 Å². The molecule has 0 heterocycles. The molecule has 0 atom stereocenters. The Hall–Kier alpha value is -2.40. The van der Waals surface area contributed by atoms with Gasteiger partial charge in [0.05, 0.1) is 5.75 Å². The minimum Gasteiger partial charge on any atom is -0.289 e. The number of hydrogen-bond donors (Lipinski definition) is 1. The summed E-state index contributed by atoms with van der Waals surface area (Å²) in [6.07, 6.45) is 3.28. The number of carbonyl (C=O) groups is 1. The van der Waals surface area contributed by atoms with Crippen molar-refractivity contribution >= 4 is 27.6 Å². The van der Waals surface area contributed by atoms with Crippen molar-refractivity contribution < 1.29 is 13.2 Å². The molecule has 5 heteroatoms. The Morgan fingerprint density at radius 2 is 1.83 bits per heavy atom. The summed E-state index contributed by atoms with van der Waals surface area (Å²) in [4.78, 5) is 12.1. The van der Waals surface area contributed by atoms with Crippen LogP contribution in [0.3, 0.4) is 0 Å². The number of sulfonamides is 1. The molecule has 0 aliphatic rings. The van der Waals surface area contributed by atoms with E-state index in [1.165, 1.54) is 6.08 Å². The lowest BCUT2D eigenvalue weighted by Gasteiger charge is -2.06. The second-order valence-electron chi connectivity index (χ2n) is 5.19. The van der Waals surface area contributed by atoms with E-state index in [9.17, 15) is 13.2 Å². The Labute approximate surface area is 136 Å². The number of rotatable bonds is 6. The van der Waals surface area contributed by atoms with E-state index in [-0.39, 0.29) is 11.5 Å². The molecule has 2 aromatic carbocycles. The van der Waals surface area contributed by atoms with E-state index in [1.807, 2.05) is 31.2 Å². The molecule has 4 nitrogen and oxygen atoms in total. The summed E-state index contributed by atoms with van der Waals surface area (Å²) in [5, 5.41) is 0. The first kappa shape index (κ1) is 17.0. The number of benzene rings is 2. The number of allylic oxidation sites excluding steroid dienone is 1. The Kier molecular flexibility index (Phi) is 5.34. The average Bonchev–Trinajstić information content (AvgIpc) is 2.53. The van der Waals surface area contributed by atoms with Crippen LogP contribution in [0.2, 0.25) is 0 Å². The average molecular weight is 329 g/mol. The van der Waals surface area contributed by atoms with Crippen molar-refractivity contribution in [3.05, 3.63) is 71.3 Å². The third-order valence-electron chi connectivity index (χ3n) is 3.29. The first-order valence-corrected chi connectivity index (χ1v) is 8.94. The zero-order valence-corrected chi connectivity index (χ0v) is 13.9. The van der Waals surface area contributed by atoms with Crippen LogP contribution >= 0.6 is 0 Å². The molecular formula is C18H19NO3S. The third kappa shape index (κ3) is 5.07. The van der Waals surface area contributed by atoms with E-state index in [1.54, 1.807) is 37.3 Å². The number of hydrogen-bond acceptors (Lipinski definition) is 3. The number of nitrogens with one attached hydrogen (secondary N) is 1. The van der Waals surface area contributed by atoms with Crippen LogP contribution in [0.25, 0.3) is 6.08 Å². The molecule has 2 aromatic rings. The van der Waals surface area contributed by atoms with Gasteiger partial charge in [-0.2, -0.15) is 0 Å². The maximum Gasteiger partial charge on any atom is 0.232 e. The fraction of sp³-hybridized carbons (Fsp3) is 0.167. The van der Waals surface area contributed by atoms with Gasteiger partial charge in [0.2, 0.25) is 10.0 Å². The lowest BCUT2D eigenvalue weighted by atomic mass is 10.1. The summed E-state index contributed by atoms with van der Waals surface area (Å²) in [5.41, 5.74) is 3.05. The quantitative estimate of drug-likeness (QED) is 0.650. The second kappa shape index (κ2) is 7.24. The molecule has 1 N–H and O–H groups in total. The van der Waals surface area contributed by atoms with E-state index >= 15 is 0 Å². The van der Waals surface area contributed by atoms with Crippen LogP contribution in [-0.4, -0.2) is 20.0 Å².